The van der Waals surface area contributed by atoms with Gasteiger partial charge in [0.05, 0.1) is 5.92 Å². The summed E-state index contributed by atoms with van der Waals surface area (Å²) in [6.45, 7) is 1.44. The SMILES string of the molecule is O=C(OC1CCCCC1)[C@H]1CC(=O)N(CC2CC2)C1. The van der Waals surface area contributed by atoms with E-state index in [1.807, 2.05) is 4.90 Å². The Morgan fingerprint density at radius 3 is 2.58 bits per heavy atom. The van der Waals surface area contributed by atoms with Crippen LogP contribution in [0.4, 0.5) is 0 Å². The zero-order valence-electron chi connectivity index (χ0n) is 11.5. The van der Waals surface area contributed by atoms with Crippen molar-refractivity contribution in [2.45, 2.75) is 57.5 Å². The van der Waals surface area contributed by atoms with Crippen LogP contribution in [0.15, 0.2) is 0 Å². The number of rotatable bonds is 4. The van der Waals surface area contributed by atoms with Crippen LogP contribution >= 0.6 is 0 Å². The van der Waals surface area contributed by atoms with Gasteiger partial charge < -0.3 is 9.64 Å². The number of esters is 1. The number of carbonyl (C=O) groups is 2. The van der Waals surface area contributed by atoms with Crippen LogP contribution in [0.5, 0.6) is 0 Å². The van der Waals surface area contributed by atoms with Gasteiger partial charge in [0.25, 0.3) is 0 Å². The van der Waals surface area contributed by atoms with Gasteiger partial charge in [0.15, 0.2) is 0 Å². The van der Waals surface area contributed by atoms with E-state index in [-0.39, 0.29) is 23.9 Å². The Morgan fingerprint density at radius 2 is 1.89 bits per heavy atom. The molecule has 2 aliphatic carbocycles. The summed E-state index contributed by atoms with van der Waals surface area (Å²) in [7, 11) is 0. The van der Waals surface area contributed by atoms with Crippen molar-refractivity contribution in [1.82, 2.24) is 4.90 Å². The molecule has 1 amide bonds. The Morgan fingerprint density at radius 1 is 1.16 bits per heavy atom. The molecule has 0 aromatic heterocycles. The number of ether oxygens (including phenoxy) is 1. The van der Waals surface area contributed by atoms with Crippen LogP contribution in [0.1, 0.15) is 51.4 Å². The van der Waals surface area contributed by atoms with Crippen LogP contribution in [0.2, 0.25) is 0 Å². The lowest BCUT2D eigenvalue weighted by Crippen LogP contribution is -2.30. The largest absolute Gasteiger partial charge is 0.462 e. The molecule has 4 heteroatoms. The molecule has 0 N–H and O–H groups in total. The van der Waals surface area contributed by atoms with E-state index in [4.69, 9.17) is 4.74 Å². The second-order valence-corrected chi connectivity index (χ2v) is 6.34. The Bertz CT molecular complexity index is 358. The average molecular weight is 265 g/mol. The first-order chi connectivity index (χ1) is 9.22. The van der Waals surface area contributed by atoms with Crippen molar-refractivity contribution in [2.24, 2.45) is 11.8 Å². The van der Waals surface area contributed by atoms with Gasteiger partial charge in [-0.2, -0.15) is 0 Å². The minimum absolute atomic E-state index is 0.105. The van der Waals surface area contributed by atoms with Crippen molar-refractivity contribution in [3.8, 4) is 0 Å². The molecule has 2 saturated carbocycles. The third kappa shape index (κ3) is 3.28. The number of hydrogen-bond acceptors (Lipinski definition) is 3. The molecule has 4 nitrogen and oxygen atoms in total. The van der Waals surface area contributed by atoms with Crippen molar-refractivity contribution < 1.29 is 14.3 Å². The van der Waals surface area contributed by atoms with Gasteiger partial charge >= 0.3 is 5.97 Å². The van der Waals surface area contributed by atoms with Gasteiger partial charge in [-0.15, -0.1) is 0 Å². The zero-order chi connectivity index (χ0) is 13.2. The molecule has 0 bridgehead atoms. The van der Waals surface area contributed by atoms with Crippen molar-refractivity contribution in [3.63, 3.8) is 0 Å². The van der Waals surface area contributed by atoms with E-state index in [1.165, 1.54) is 19.3 Å². The maximum absolute atomic E-state index is 12.1. The lowest BCUT2D eigenvalue weighted by atomic mass is 9.97. The highest BCUT2D eigenvalue weighted by atomic mass is 16.5. The molecular formula is C15H23NO3. The second-order valence-electron chi connectivity index (χ2n) is 6.34. The van der Waals surface area contributed by atoms with Crippen LogP contribution in [0.3, 0.4) is 0 Å². The summed E-state index contributed by atoms with van der Waals surface area (Å²) >= 11 is 0. The van der Waals surface area contributed by atoms with E-state index in [0.717, 1.165) is 32.2 Å². The molecule has 3 fully saturated rings. The average Bonchev–Trinajstić information content (AvgIpc) is 3.14. The summed E-state index contributed by atoms with van der Waals surface area (Å²) < 4.78 is 5.57. The van der Waals surface area contributed by atoms with Crippen molar-refractivity contribution in [3.05, 3.63) is 0 Å². The molecule has 1 saturated heterocycles. The van der Waals surface area contributed by atoms with Crippen LogP contribution in [-0.4, -0.2) is 36.0 Å². The van der Waals surface area contributed by atoms with Gasteiger partial charge in [0.2, 0.25) is 5.91 Å². The summed E-state index contributed by atoms with van der Waals surface area (Å²) in [6.07, 6.45) is 8.51. The molecular weight excluding hydrogens is 242 g/mol. The smallest absolute Gasteiger partial charge is 0.311 e. The maximum Gasteiger partial charge on any atom is 0.311 e. The normalized spacial score (nSPS) is 28.7. The highest BCUT2D eigenvalue weighted by Crippen LogP contribution is 2.32. The molecule has 3 rings (SSSR count). The molecule has 1 heterocycles. The summed E-state index contributed by atoms with van der Waals surface area (Å²) in [5.41, 5.74) is 0. The van der Waals surface area contributed by atoms with Crippen molar-refractivity contribution in [2.75, 3.05) is 13.1 Å². The Kier molecular flexibility index (Phi) is 3.76. The Hall–Kier alpha value is -1.06. The lowest BCUT2D eigenvalue weighted by molar-refractivity contribution is -0.155. The number of likely N-dealkylation sites (tertiary alicyclic amines) is 1. The van der Waals surface area contributed by atoms with Crippen LogP contribution < -0.4 is 0 Å². The Balaban J connectivity index is 1.48. The van der Waals surface area contributed by atoms with Crippen molar-refractivity contribution in [1.29, 1.82) is 0 Å². The van der Waals surface area contributed by atoms with Gasteiger partial charge in [0.1, 0.15) is 6.10 Å². The topological polar surface area (TPSA) is 46.6 Å². The van der Waals surface area contributed by atoms with E-state index in [0.29, 0.717) is 18.9 Å². The number of hydrogen-bond donors (Lipinski definition) is 0. The highest BCUT2D eigenvalue weighted by molar-refractivity contribution is 5.86. The fraction of sp³-hybridized carbons (Fsp3) is 0.867. The van der Waals surface area contributed by atoms with Crippen LogP contribution in [-0.2, 0) is 14.3 Å². The fourth-order valence-corrected chi connectivity index (χ4v) is 3.16. The quantitative estimate of drug-likeness (QED) is 0.731. The molecule has 1 aliphatic heterocycles. The van der Waals surface area contributed by atoms with Crippen LogP contribution in [0, 0.1) is 11.8 Å². The third-order valence-electron chi connectivity index (χ3n) is 4.56. The second kappa shape index (κ2) is 5.51. The van der Waals surface area contributed by atoms with E-state index in [9.17, 15) is 9.59 Å². The molecule has 0 spiro atoms. The zero-order valence-corrected chi connectivity index (χ0v) is 11.5. The molecule has 0 aromatic rings. The van der Waals surface area contributed by atoms with Crippen molar-refractivity contribution >= 4 is 11.9 Å². The van der Waals surface area contributed by atoms with E-state index >= 15 is 0 Å². The third-order valence-corrected chi connectivity index (χ3v) is 4.56. The van der Waals surface area contributed by atoms with Gasteiger partial charge in [-0.05, 0) is 44.4 Å². The molecule has 0 unspecified atom stereocenters. The number of nitrogens with zero attached hydrogens (tertiary/aromatic N) is 1. The first kappa shape index (κ1) is 12.9. The Labute approximate surface area is 114 Å². The fourth-order valence-electron chi connectivity index (χ4n) is 3.16. The molecule has 19 heavy (non-hydrogen) atoms. The molecule has 1 atom stereocenters. The molecule has 106 valence electrons. The predicted molar refractivity (Wildman–Crippen MR) is 70.4 cm³/mol. The van der Waals surface area contributed by atoms with E-state index < -0.39 is 0 Å². The number of carbonyl (C=O) groups excluding carboxylic acids is 2. The van der Waals surface area contributed by atoms with E-state index in [1.54, 1.807) is 0 Å². The number of amides is 1. The summed E-state index contributed by atoms with van der Waals surface area (Å²) in [5, 5.41) is 0. The predicted octanol–water partition coefficient (Wildman–Crippen LogP) is 2.12. The lowest BCUT2D eigenvalue weighted by Gasteiger charge is -2.23. The van der Waals surface area contributed by atoms with Gasteiger partial charge in [-0.25, -0.2) is 0 Å². The minimum Gasteiger partial charge on any atom is -0.462 e. The molecule has 0 radical (unpaired) electrons. The molecule has 0 aromatic carbocycles. The van der Waals surface area contributed by atoms with Crippen LogP contribution in [0.25, 0.3) is 0 Å². The van der Waals surface area contributed by atoms with Gasteiger partial charge in [-0.1, -0.05) is 6.42 Å². The minimum atomic E-state index is -0.215. The first-order valence-electron chi connectivity index (χ1n) is 7.70. The molecule has 3 aliphatic rings. The first-order valence-corrected chi connectivity index (χ1v) is 7.70. The van der Waals surface area contributed by atoms with E-state index in [2.05, 4.69) is 0 Å². The van der Waals surface area contributed by atoms with Gasteiger partial charge in [-0.3, -0.25) is 9.59 Å². The summed E-state index contributed by atoms with van der Waals surface area (Å²) in [4.78, 5) is 25.8. The monoisotopic (exact) mass is 265 g/mol. The highest BCUT2D eigenvalue weighted by Gasteiger charge is 2.38. The van der Waals surface area contributed by atoms with Gasteiger partial charge in [0, 0.05) is 19.5 Å². The maximum atomic E-state index is 12.1. The summed E-state index contributed by atoms with van der Waals surface area (Å²) in [5.74, 6) is 0.473. The standard InChI is InChI=1S/C15H23NO3/c17-14-8-12(10-16(14)9-11-6-7-11)15(18)19-13-4-2-1-3-5-13/h11-13H,1-10H2/t12-/m0/s1. The summed E-state index contributed by atoms with van der Waals surface area (Å²) in [6, 6.07) is 0.